The third-order valence-corrected chi connectivity index (χ3v) is 2.99. The maximum atomic E-state index is 9.80. The fraction of sp³-hybridized carbons (Fsp3) is 0.0769. The average molecular weight is 279 g/mol. The molecule has 16 heavy (non-hydrogen) atoms. The van der Waals surface area contributed by atoms with Gasteiger partial charge in [0.25, 0.3) is 0 Å². The number of ether oxygens (including phenoxy) is 1. The summed E-state index contributed by atoms with van der Waals surface area (Å²) in [4.78, 5) is 0. The lowest BCUT2D eigenvalue weighted by atomic mass is 10.0. The maximum Gasteiger partial charge on any atom is 0.140 e. The molecule has 0 fully saturated rings. The van der Waals surface area contributed by atoms with E-state index in [0.29, 0.717) is 0 Å². The molecule has 3 heteroatoms. The summed E-state index contributed by atoms with van der Waals surface area (Å²) < 4.78 is 6.20. The van der Waals surface area contributed by atoms with Gasteiger partial charge in [0, 0.05) is 11.1 Å². The van der Waals surface area contributed by atoms with Crippen LogP contribution in [0.3, 0.4) is 0 Å². The van der Waals surface area contributed by atoms with Crippen LogP contribution in [0.5, 0.6) is 11.5 Å². The van der Waals surface area contributed by atoms with E-state index in [2.05, 4.69) is 15.9 Å². The van der Waals surface area contributed by atoms with Crippen LogP contribution in [-0.4, -0.2) is 12.2 Å². The van der Waals surface area contributed by atoms with Crippen molar-refractivity contribution in [1.29, 1.82) is 0 Å². The van der Waals surface area contributed by atoms with Gasteiger partial charge >= 0.3 is 0 Å². The second-order valence-corrected chi connectivity index (χ2v) is 4.19. The number of para-hydroxylation sites is 2. The molecule has 0 aliphatic heterocycles. The number of phenolic OH excluding ortho intramolecular Hbond substituents is 1. The van der Waals surface area contributed by atoms with Crippen LogP contribution < -0.4 is 4.74 Å². The van der Waals surface area contributed by atoms with Gasteiger partial charge in [0.05, 0.1) is 11.6 Å². The number of hydrogen-bond acceptors (Lipinski definition) is 2. The van der Waals surface area contributed by atoms with Gasteiger partial charge in [-0.05, 0) is 28.1 Å². The number of methoxy groups -OCH3 is 1. The zero-order chi connectivity index (χ0) is 11.5. The van der Waals surface area contributed by atoms with Crippen LogP contribution in [0.2, 0.25) is 0 Å². The van der Waals surface area contributed by atoms with E-state index in [0.717, 1.165) is 21.3 Å². The highest BCUT2D eigenvalue weighted by atomic mass is 79.9. The second-order valence-electron chi connectivity index (χ2n) is 3.34. The Morgan fingerprint density at radius 3 is 2.38 bits per heavy atom. The van der Waals surface area contributed by atoms with E-state index in [1.807, 2.05) is 30.3 Å². The molecule has 0 atom stereocenters. The summed E-state index contributed by atoms with van der Waals surface area (Å²) in [5, 5.41) is 9.80. The van der Waals surface area contributed by atoms with Gasteiger partial charge in [-0.3, -0.25) is 0 Å². The minimum atomic E-state index is 0.249. The first-order chi connectivity index (χ1) is 7.74. The van der Waals surface area contributed by atoms with Crippen molar-refractivity contribution >= 4 is 15.9 Å². The Labute approximate surface area is 103 Å². The van der Waals surface area contributed by atoms with Gasteiger partial charge in [-0.25, -0.2) is 0 Å². The van der Waals surface area contributed by atoms with E-state index < -0.39 is 0 Å². The van der Waals surface area contributed by atoms with Crippen molar-refractivity contribution in [3.8, 4) is 22.6 Å². The van der Waals surface area contributed by atoms with Gasteiger partial charge in [-0.1, -0.05) is 30.3 Å². The first-order valence-corrected chi connectivity index (χ1v) is 5.64. The Hall–Kier alpha value is -1.48. The molecule has 0 heterocycles. The minimum Gasteiger partial charge on any atom is -0.507 e. The lowest BCUT2D eigenvalue weighted by molar-refractivity contribution is 0.413. The Morgan fingerprint density at radius 2 is 1.69 bits per heavy atom. The highest BCUT2D eigenvalue weighted by Crippen LogP contribution is 2.39. The van der Waals surface area contributed by atoms with Crippen molar-refractivity contribution in [2.45, 2.75) is 0 Å². The molecule has 0 aliphatic carbocycles. The number of aromatic hydroxyl groups is 1. The topological polar surface area (TPSA) is 29.5 Å². The van der Waals surface area contributed by atoms with Crippen LogP contribution in [0, 0.1) is 0 Å². The molecule has 2 rings (SSSR count). The minimum absolute atomic E-state index is 0.249. The predicted molar refractivity (Wildman–Crippen MR) is 67.8 cm³/mol. The fourth-order valence-electron chi connectivity index (χ4n) is 1.63. The van der Waals surface area contributed by atoms with E-state index in [1.165, 1.54) is 0 Å². The van der Waals surface area contributed by atoms with Gasteiger partial charge in [-0.2, -0.15) is 0 Å². The van der Waals surface area contributed by atoms with E-state index in [9.17, 15) is 5.11 Å². The molecule has 1 N–H and O–H groups in total. The van der Waals surface area contributed by atoms with Crippen molar-refractivity contribution in [1.82, 2.24) is 0 Å². The molecule has 0 unspecified atom stereocenters. The molecular formula is C13H11BrO2. The summed E-state index contributed by atoms with van der Waals surface area (Å²) in [6.07, 6.45) is 0. The number of benzene rings is 2. The smallest absolute Gasteiger partial charge is 0.140 e. The highest BCUT2D eigenvalue weighted by molar-refractivity contribution is 9.10. The molecule has 2 aromatic carbocycles. The third kappa shape index (κ3) is 1.91. The molecule has 0 bridgehead atoms. The van der Waals surface area contributed by atoms with Crippen LogP contribution in [-0.2, 0) is 0 Å². The van der Waals surface area contributed by atoms with Gasteiger partial charge in [-0.15, -0.1) is 0 Å². The van der Waals surface area contributed by atoms with Crippen LogP contribution in [0.4, 0.5) is 0 Å². The average Bonchev–Trinajstić information content (AvgIpc) is 2.29. The first-order valence-electron chi connectivity index (χ1n) is 4.85. The Bertz CT molecular complexity index is 509. The Balaban J connectivity index is 2.65. The predicted octanol–water partition coefficient (Wildman–Crippen LogP) is 3.83. The molecule has 2 aromatic rings. The SMILES string of the molecule is COc1c(Br)cccc1-c1ccccc1O. The Morgan fingerprint density at radius 1 is 1.00 bits per heavy atom. The molecule has 0 saturated heterocycles. The maximum absolute atomic E-state index is 9.80. The van der Waals surface area contributed by atoms with E-state index in [1.54, 1.807) is 19.2 Å². The summed E-state index contributed by atoms with van der Waals surface area (Å²) in [5.41, 5.74) is 1.63. The molecule has 0 spiro atoms. The summed E-state index contributed by atoms with van der Waals surface area (Å²) >= 11 is 3.42. The van der Waals surface area contributed by atoms with Crippen LogP contribution in [0.15, 0.2) is 46.9 Å². The monoisotopic (exact) mass is 278 g/mol. The zero-order valence-electron chi connectivity index (χ0n) is 8.77. The van der Waals surface area contributed by atoms with E-state index >= 15 is 0 Å². The van der Waals surface area contributed by atoms with Crippen LogP contribution >= 0.6 is 15.9 Å². The molecule has 2 nitrogen and oxygen atoms in total. The quantitative estimate of drug-likeness (QED) is 0.905. The van der Waals surface area contributed by atoms with Crippen molar-refractivity contribution < 1.29 is 9.84 Å². The van der Waals surface area contributed by atoms with Gasteiger partial charge in [0.15, 0.2) is 0 Å². The standard InChI is InChI=1S/C13H11BrO2/c1-16-13-10(6-4-7-11(13)14)9-5-2-3-8-12(9)15/h2-8,15H,1H3. The van der Waals surface area contributed by atoms with Crippen LogP contribution in [0.1, 0.15) is 0 Å². The summed E-state index contributed by atoms with van der Waals surface area (Å²) in [7, 11) is 1.61. The lowest BCUT2D eigenvalue weighted by Crippen LogP contribution is -1.89. The largest absolute Gasteiger partial charge is 0.507 e. The van der Waals surface area contributed by atoms with Crippen molar-refractivity contribution in [2.24, 2.45) is 0 Å². The first kappa shape index (κ1) is 11.0. The summed E-state index contributed by atoms with van der Waals surface area (Å²) in [6, 6.07) is 12.9. The van der Waals surface area contributed by atoms with Gasteiger partial charge < -0.3 is 9.84 Å². The molecular weight excluding hydrogens is 268 g/mol. The third-order valence-electron chi connectivity index (χ3n) is 2.37. The highest BCUT2D eigenvalue weighted by Gasteiger charge is 2.11. The lowest BCUT2D eigenvalue weighted by Gasteiger charge is -2.11. The molecule has 0 aliphatic rings. The zero-order valence-corrected chi connectivity index (χ0v) is 10.4. The van der Waals surface area contributed by atoms with Crippen molar-refractivity contribution in [3.63, 3.8) is 0 Å². The molecule has 82 valence electrons. The molecule has 0 radical (unpaired) electrons. The van der Waals surface area contributed by atoms with Crippen molar-refractivity contribution in [2.75, 3.05) is 7.11 Å². The fourth-order valence-corrected chi connectivity index (χ4v) is 2.16. The molecule has 0 saturated carbocycles. The van der Waals surface area contributed by atoms with Gasteiger partial charge in [0.2, 0.25) is 0 Å². The van der Waals surface area contributed by atoms with Crippen LogP contribution in [0.25, 0.3) is 11.1 Å². The summed E-state index contributed by atoms with van der Waals surface area (Å²) in [5.74, 6) is 0.975. The number of phenols is 1. The van der Waals surface area contributed by atoms with E-state index in [-0.39, 0.29) is 5.75 Å². The van der Waals surface area contributed by atoms with Crippen molar-refractivity contribution in [3.05, 3.63) is 46.9 Å². The number of rotatable bonds is 2. The summed E-state index contributed by atoms with van der Waals surface area (Å²) in [6.45, 7) is 0. The number of halogens is 1. The van der Waals surface area contributed by atoms with E-state index in [4.69, 9.17) is 4.74 Å². The normalized spacial score (nSPS) is 10.1. The van der Waals surface area contributed by atoms with Gasteiger partial charge in [0.1, 0.15) is 11.5 Å². The second kappa shape index (κ2) is 4.58. The molecule has 0 aromatic heterocycles. The number of hydrogen-bond donors (Lipinski definition) is 1. The Kier molecular flexibility index (Phi) is 3.15. The molecule has 0 amide bonds.